The molecule has 0 N–H and O–H groups in total. The summed E-state index contributed by atoms with van der Waals surface area (Å²) in [5.74, 6) is 0.936. The van der Waals surface area contributed by atoms with Crippen LogP contribution in [-0.2, 0) is 0 Å². The molecule has 0 spiro atoms. The fraction of sp³-hybridized carbons (Fsp3) is 0.180. The lowest BCUT2D eigenvalue weighted by Gasteiger charge is -2.13. The van der Waals surface area contributed by atoms with E-state index in [2.05, 4.69) is 189 Å². The first-order chi connectivity index (χ1) is 25.5. The second-order valence-electron chi connectivity index (χ2n) is 12.5. The van der Waals surface area contributed by atoms with Gasteiger partial charge in [0.1, 0.15) is 5.82 Å². The highest BCUT2D eigenvalue weighted by atomic mass is 15.1. The Morgan fingerprint density at radius 2 is 1.12 bits per heavy atom. The summed E-state index contributed by atoms with van der Waals surface area (Å²) >= 11 is 0. The minimum atomic E-state index is 0.936. The molecule has 7 aromatic rings. The van der Waals surface area contributed by atoms with E-state index in [0.717, 1.165) is 29.9 Å². The van der Waals surface area contributed by atoms with Gasteiger partial charge in [-0.1, -0.05) is 173 Å². The van der Waals surface area contributed by atoms with Crippen LogP contribution in [0, 0.1) is 20.8 Å². The van der Waals surface area contributed by atoms with E-state index in [1.54, 1.807) is 0 Å². The molecule has 1 aliphatic rings. The fourth-order valence-electron chi connectivity index (χ4n) is 6.47. The maximum atomic E-state index is 5.17. The van der Waals surface area contributed by atoms with Gasteiger partial charge in [0.05, 0.1) is 11.2 Å². The molecular weight excluding hydrogens is 629 g/mol. The van der Waals surface area contributed by atoms with Crippen molar-refractivity contribution in [1.82, 2.24) is 9.55 Å². The molecule has 0 saturated heterocycles. The maximum absolute atomic E-state index is 5.17. The van der Waals surface area contributed by atoms with Crippen LogP contribution in [-0.4, -0.2) is 9.55 Å². The molecule has 2 heterocycles. The monoisotopic (exact) mass is 680 g/mol. The molecule has 0 unspecified atom stereocenters. The Balaban J connectivity index is 0.000000243. The topological polar surface area (TPSA) is 17.8 Å². The standard InChI is InChI=1S/C32H26N2.C14H14.2C2H6/c1-23-16-18-25(19-17-23)29-22-34(31-15-9-8-14-28(29)31)32-21-27(24-10-4-2-5-11-24)20-30(33-32)26-12-6-3-7-13-26;1-11-7-3-5-9-13(11)14-10-6-4-8-12(14)2;2*1-2/h2,4-6,8-22H,3,7H2,1H3;3-10H,1-2H3;2*1-2H3. The zero-order valence-electron chi connectivity index (χ0n) is 31.9. The fourth-order valence-corrected chi connectivity index (χ4v) is 6.47. The predicted octanol–water partition coefficient (Wildman–Crippen LogP) is 14.4. The highest BCUT2D eigenvalue weighted by Crippen LogP contribution is 2.34. The lowest BCUT2D eigenvalue weighted by Crippen LogP contribution is -2.01. The first-order valence-corrected chi connectivity index (χ1v) is 18.8. The van der Waals surface area contributed by atoms with Gasteiger partial charge >= 0.3 is 0 Å². The molecule has 52 heavy (non-hydrogen) atoms. The molecule has 0 bridgehead atoms. The Hall–Kier alpha value is -5.73. The van der Waals surface area contributed by atoms with E-state index in [4.69, 9.17) is 4.98 Å². The second-order valence-corrected chi connectivity index (χ2v) is 12.5. The molecule has 262 valence electrons. The van der Waals surface area contributed by atoms with Crippen molar-refractivity contribution >= 4 is 16.5 Å². The van der Waals surface area contributed by atoms with Gasteiger partial charge in [0, 0.05) is 17.1 Å². The largest absolute Gasteiger partial charge is 0.301 e. The van der Waals surface area contributed by atoms with E-state index in [-0.39, 0.29) is 0 Å². The maximum Gasteiger partial charge on any atom is 0.138 e. The molecule has 2 nitrogen and oxygen atoms in total. The van der Waals surface area contributed by atoms with Gasteiger partial charge in [-0.05, 0) is 96.3 Å². The van der Waals surface area contributed by atoms with Crippen molar-refractivity contribution in [2.24, 2.45) is 0 Å². The van der Waals surface area contributed by atoms with Crippen molar-refractivity contribution in [1.29, 1.82) is 0 Å². The summed E-state index contributed by atoms with van der Waals surface area (Å²) in [5.41, 5.74) is 14.8. The van der Waals surface area contributed by atoms with Gasteiger partial charge in [-0.25, -0.2) is 4.98 Å². The number of allylic oxidation sites excluding steroid dienone is 4. The molecule has 0 fully saturated rings. The molecule has 1 aliphatic carbocycles. The molecule has 0 saturated carbocycles. The average Bonchev–Trinajstić information content (AvgIpc) is 3.61. The van der Waals surface area contributed by atoms with E-state index >= 15 is 0 Å². The summed E-state index contributed by atoms with van der Waals surface area (Å²) in [7, 11) is 0. The van der Waals surface area contributed by atoms with E-state index in [9.17, 15) is 0 Å². The molecule has 2 aromatic heterocycles. The summed E-state index contributed by atoms with van der Waals surface area (Å²) in [6, 6.07) is 49.4. The second kappa shape index (κ2) is 18.5. The number of pyridine rings is 1. The summed E-state index contributed by atoms with van der Waals surface area (Å²) in [5, 5.41) is 1.23. The van der Waals surface area contributed by atoms with Crippen LogP contribution in [0.25, 0.3) is 55.7 Å². The molecule has 0 amide bonds. The lowest BCUT2D eigenvalue weighted by atomic mass is 9.97. The van der Waals surface area contributed by atoms with Crippen LogP contribution in [0.2, 0.25) is 0 Å². The molecule has 0 radical (unpaired) electrons. The Bertz CT molecular complexity index is 2210. The van der Waals surface area contributed by atoms with Crippen molar-refractivity contribution in [2.45, 2.75) is 61.3 Å². The number of para-hydroxylation sites is 1. The van der Waals surface area contributed by atoms with Crippen LogP contribution in [0.15, 0.2) is 164 Å². The first-order valence-electron chi connectivity index (χ1n) is 18.8. The van der Waals surface area contributed by atoms with Crippen molar-refractivity contribution in [2.75, 3.05) is 0 Å². The molecular formula is C50H52N2. The van der Waals surface area contributed by atoms with E-state index < -0.39 is 0 Å². The van der Waals surface area contributed by atoms with E-state index in [1.165, 1.54) is 61.0 Å². The minimum Gasteiger partial charge on any atom is -0.301 e. The highest BCUT2D eigenvalue weighted by Gasteiger charge is 2.15. The van der Waals surface area contributed by atoms with Gasteiger partial charge in [0.25, 0.3) is 0 Å². The van der Waals surface area contributed by atoms with Crippen LogP contribution >= 0.6 is 0 Å². The van der Waals surface area contributed by atoms with Crippen LogP contribution in [0.3, 0.4) is 0 Å². The van der Waals surface area contributed by atoms with E-state index in [0.29, 0.717) is 0 Å². The molecule has 0 atom stereocenters. The molecule has 5 aromatic carbocycles. The Kier molecular flexibility index (Phi) is 13.3. The Morgan fingerprint density at radius 3 is 1.73 bits per heavy atom. The van der Waals surface area contributed by atoms with Gasteiger partial charge in [-0.2, -0.15) is 0 Å². The number of aryl methyl sites for hydroxylation is 3. The van der Waals surface area contributed by atoms with E-state index in [1.807, 2.05) is 27.7 Å². The number of aromatic nitrogens is 2. The number of nitrogens with zero attached hydrogens (tertiary/aromatic N) is 2. The van der Waals surface area contributed by atoms with Crippen molar-refractivity contribution in [3.05, 3.63) is 186 Å². The van der Waals surface area contributed by atoms with Crippen LogP contribution in [0.1, 0.15) is 62.9 Å². The Labute approximate surface area is 311 Å². The van der Waals surface area contributed by atoms with Gasteiger partial charge in [0.15, 0.2) is 0 Å². The number of fused-ring (bicyclic) bond motifs is 1. The normalized spacial score (nSPS) is 11.6. The quantitative estimate of drug-likeness (QED) is 0.177. The highest BCUT2D eigenvalue weighted by molar-refractivity contribution is 5.97. The third-order valence-corrected chi connectivity index (χ3v) is 9.11. The number of benzene rings is 5. The summed E-state index contributed by atoms with van der Waals surface area (Å²) in [6.45, 7) is 14.4. The lowest BCUT2D eigenvalue weighted by molar-refractivity contribution is 1.02. The van der Waals surface area contributed by atoms with Crippen LogP contribution in [0.5, 0.6) is 0 Å². The van der Waals surface area contributed by atoms with Gasteiger partial charge in [-0.3, -0.25) is 0 Å². The molecule has 8 rings (SSSR count). The van der Waals surface area contributed by atoms with Crippen LogP contribution in [0.4, 0.5) is 0 Å². The third kappa shape index (κ3) is 8.76. The number of rotatable bonds is 5. The summed E-state index contributed by atoms with van der Waals surface area (Å²) in [6.07, 6.45) is 11.1. The molecule has 2 heteroatoms. The van der Waals surface area contributed by atoms with Gasteiger partial charge in [-0.15, -0.1) is 0 Å². The third-order valence-electron chi connectivity index (χ3n) is 9.11. The van der Waals surface area contributed by atoms with Crippen molar-refractivity contribution in [3.63, 3.8) is 0 Å². The number of hydrogen-bond acceptors (Lipinski definition) is 1. The van der Waals surface area contributed by atoms with Gasteiger partial charge < -0.3 is 4.57 Å². The predicted molar refractivity (Wildman–Crippen MR) is 227 cm³/mol. The van der Waals surface area contributed by atoms with Crippen molar-refractivity contribution < 1.29 is 0 Å². The molecule has 0 aliphatic heterocycles. The Morgan fingerprint density at radius 1 is 0.519 bits per heavy atom. The van der Waals surface area contributed by atoms with Gasteiger partial charge in [0.2, 0.25) is 0 Å². The average molecular weight is 681 g/mol. The SMILES string of the molecule is CC.CC.Cc1ccc(-c2cn(-c3cc(-c4ccccc4)cc(C4=CCCC=C4)n3)c3ccccc23)cc1.Cc1ccccc1-c1ccccc1C. The minimum absolute atomic E-state index is 0.936. The number of hydrogen-bond donors (Lipinski definition) is 0. The first kappa shape index (κ1) is 37.5. The zero-order valence-corrected chi connectivity index (χ0v) is 31.9. The summed E-state index contributed by atoms with van der Waals surface area (Å²) < 4.78 is 2.24. The van der Waals surface area contributed by atoms with Crippen molar-refractivity contribution in [3.8, 4) is 39.2 Å². The summed E-state index contributed by atoms with van der Waals surface area (Å²) in [4.78, 5) is 5.17. The smallest absolute Gasteiger partial charge is 0.138 e. The van der Waals surface area contributed by atoms with Crippen LogP contribution < -0.4 is 0 Å². The zero-order chi connectivity index (χ0) is 36.9.